The van der Waals surface area contributed by atoms with Crippen LogP contribution in [0.25, 0.3) is 10.4 Å². The van der Waals surface area contributed by atoms with E-state index in [0.29, 0.717) is 6.61 Å². The Morgan fingerprint density at radius 2 is 2.55 bits per heavy atom. The average Bonchev–Trinajstić information content (AvgIpc) is 2.06. The number of azide groups is 1. The smallest absolute Gasteiger partial charge is 0.165 e. The van der Waals surface area contributed by atoms with Gasteiger partial charge >= 0.3 is 0 Å². The highest BCUT2D eigenvalue weighted by molar-refractivity contribution is 4.74. The minimum Gasteiger partial charge on any atom is -0.355 e. The first-order chi connectivity index (χ1) is 5.38. The molecule has 0 radical (unpaired) electrons. The van der Waals surface area contributed by atoms with Gasteiger partial charge in [0.15, 0.2) is 6.29 Å². The molecule has 1 heterocycles. The SMILES string of the molecule is COC1OCCCC1N=[N+]=[N-]. The van der Waals surface area contributed by atoms with Crippen LogP contribution < -0.4 is 0 Å². The van der Waals surface area contributed by atoms with Gasteiger partial charge < -0.3 is 9.47 Å². The second kappa shape index (κ2) is 4.18. The van der Waals surface area contributed by atoms with Crippen LogP contribution in [0.4, 0.5) is 0 Å². The van der Waals surface area contributed by atoms with Crippen molar-refractivity contribution in [1.82, 2.24) is 0 Å². The molecule has 0 aromatic heterocycles. The fraction of sp³-hybridized carbons (Fsp3) is 1.00. The summed E-state index contributed by atoms with van der Waals surface area (Å²) in [5.74, 6) is 0. The second-order valence-corrected chi connectivity index (χ2v) is 2.39. The largest absolute Gasteiger partial charge is 0.355 e. The van der Waals surface area contributed by atoms with E-state index >= 15 is 0 Å². The van der Waals surface area contributed by atoms with Crippen LogP contribution in [0.3, 0.4) is 0 Å². The summed E-state index contributed by atoms with van der Waals surface area (Å²) in [6.45, 7) is 0.690. The summed E-state index contributed by atoms with van der Waals surface area (Å²) in [7, 11) is 1.55. The van der Waals surface area contributed by atoms with Gasteiger partial charge in [-0.1, -0.05) is 5.11 Å². The molecule has 62 valence electrons. The van der Waals surface area contributed by atoms with Crippen molar-refractivity contribution in [3.63, 3.8) is 0 Å². The standard InChI is InChI=1S/C6H11N3O2/c1-10-6-5(8-9-7)3-2-4-11-6/h5-6H,2-4H2,1H3. The Labute approximate surface area is 64.9 Å². The maximum atomic E-state index is 8.18. The van der Waals surface area contributed by atoms with Crippen molar-refractivity contribution in [2.75, 3.05) is 13.7 Å². The summed E-state index contributed by atoms with van der Waals surface area (Å²) < 4.78 is 10.2. The van der Waals surface area contributed by atoms with Crippen LogP contribution in [0.5, 0.6) is 0 Å². The predicted molar refractivity (Wildman–Crippen MR) is 38.9 cm³/mol. The predicted octanol–water partition coefficient (Wildman–Crippen LogP) is 1.45. The monoisotopic (exact) mass is 157 g/mol. The molecular weight excluding hydrogens is 146 g/mol. The van der Waals surface area contributed by atoms with Crippen LogP contribution in [0, 0.1) is 0 Å². The molecule has 5 nitrogen and oxygen atoms in total. The summed E-state index contributed by atoms with van der Waals surface area (Å²) in [5, 5.41) is 3.57. The molecule has 0 N–H and O–H groups in total. The van der Waals surface area contributed by atoms with Gasteiger partial charge in [-0.2, -0.15) is 0 Å². The van der Waals surface area contributed by atoms with Gasteiger partial charge in [0.05, 0.1) is 6.04 Å². The number of hydrogen-bond donors (Lipinski definition) is 0. The van der Waals surface area contributed by atoms with E-state index in [1.54, 1.807) is 7.11 Å². The lowest BCUT2D eigenvalue weighted by atomic mass is 10.1. The zero-order chi connectivity index (χ0) is 8.10. The van der Waals surface area contributed by atoms with Crippen molar-refractivity contribution in [2.45, 2.75) is 25.2 Å². The highest BCUT2D eigenvalue weighted by Gasteiger charge is 2.24. The van der Waals surface area contributed by atoms with E-state index in [2.05, 4.69) is 10.0 Å². The van der Waals surface area contributed by atoms with Gasteiger partial charge in [-0.15, -0.1) is 0 Å². The van der Waals surface area contributed by atoms with Crippen LogP contribution in [0.15, 0.2) is 5.11 Å². The number of rotatable bonds is 2. The maximum Gasteiger partial charge on any atom is 0.165 e. The Balaban J connectivity index is 2.50. The lowest BCUT2D eigenvalue weighted by Gasteiger charge is -2.26. The van der Waals surface area contributed by atoms with Gasteiger partial charge in [0.1, 0.15) is 0 Å². The lowest BCUT2D eigenvalue weighted by molar-refractivity contribution is -0.155. The summed E-state index contributed by atoms with van der Waals surface area (Å²) in [5.41, 5.74) is 8.18. The van der Waals surface area contributed by atoms with Crippen molar-refractivity contribution < 1.29 is 9.47 Å². The third kappa shape index (κ3) is 2.08. The minimum atomic E-state index is -0.348. The van der Waals surface area contributed by atoms with Crippen molar-refractivity contribution in [1.29, 1.82) is 0 Å². The zero-order valence-electron chi connectivity index (χ0n) is 6.43. The fourth-order valence-electron chi connectivity index (χ4n) is 1.14. The number of nitrogens with zero attached hydrogens (tertiary/aromatic N) is 3. The van der Waals surface area contributed by atoms with Crippen LogP contribution in [0.1, 0.15) is 12.8 Å². The molecule has 1 rings (SSSR count). The van der Waals surface area contributed by atoms with E-state index in [4.69, 9.17) is 15.0 Å². The van der Waals surface area contributed by atoms with Gasteiger partial charge in [0.2, 0.25) is 0 Å². The van der Waals surface area contributed by atoms with Crippen molar-refractivity contribution in [3.05, 3.63) is 10.4 Å². The molecule has 0 spiro atoms. The molecule has 1 fully saturated rings. The van der Waals surface area contributed by atoms with Crippen molar-refractivity contribution in [2.24, 2.45) is 5.11 Å². The van der Waals surface area contributed by atoms with E-state index in [1.165, 1.54) is 0 Å². The minimum absolute atomic E-state index is 0.154. The molecule has 11 heavy (non-hydrogen) atoms. The molecule has 1 aliphatic heterocycles. The molecule has 2 atom stereocenters. The van der Waals surface area contributed by atoms with Crippen LogP contribution in [-0.2, 0) is 9.47 Å². The number of methoxy groups -OCH3 is 1. The van der Waals surface area contributed by atoms with Gasteiger partial charge in [-0.05, 0) is 18.4 Å². The first-order valence-electron chi connectivity index (χ1n) is 3.57. The Bertz CT molecular complexity index is 167. The van der Waals surface area contributed by atoms with E-state index in [-0.39, 0.29) is 12.3 Å². The van der Waals surface area contributed by atoms with Crippen LogP contribution in [-0.4, -0.2) is 26.0 Å². The molecule has 0 amide bonds. The van der Waals surface area contributed by atoms with E-state index < -0.39 is 0 Å². The lowest BCUT2D eigenvalue weighted by Crippen LogP contribution is -2.33. The Morgan fingerprint density at radius 3 is 3.18 bits per heavy atom. The third-order valence-corrected chi connectivity index (χ3v) is 1.67. The summed E-state index contributed by atoms with van der Waals surface area (Å²) >= 11 is 0. The molecule has 0 aromatic rings. The van der Waals surface area contributed by atoms with Crippen LogP contribution >= 0.6 is 0 Å². The maximum absolute atomic E-state index is 8.18. The van der Waals surface area contributed by atoms with Crippen LogP contribution in [0.2, 0.25) is 0 Å². The number of hydrogen-bond acceptors (Lipinski definition) is 3. The summed E-state index contributed by atoms with van der Waals surface area (Å²) in [6, 6.07) is -0.154. The van der Waals surface area contributed by atoms with Crippen molar-refractivity contribution >= 4 is 0 Å². The zero-order valence-corrected chi connectivity index (χ0v) is 6.43. The second-order valence-electron chi connectivity index (χ2n) is 2.39. The molecule has 1 aliphatic rings. The third-order valence-electron chi connectivity index (χ3n) is 1.67. The summed E-state index contributed by atoms with van der Waals surface area (Å²) in [4.78, 5) is 2.72. The number of ether oxygens (including phenoxy) is 2. The summed E-state index contributed by atoms with van der Waals surface area (Å²) in [6.07, 6.45) is 1.44. The van der Waals surface area contributed by atoms with E-state index in [1.807, 2.05) is 0 Å². The Kier molecular flexibility index (Phi) is 3.16. The molecule has 0 aromatic carbocycles. The molecule has 0 saturated carbocycles. The first kappa shape index (κ1) is 8.33. The normalized spacial score (nSPS) is 31.0. The Morgan fingerprint density at radius 1 is 1.73 bits per heavy atom. The quantitative estimate of drug-likeness (QED) is 0.346. The molecule has 1 saturated heterocycles. The van der Waals surface area contributed by atoms with Gasteiger partial charge in [-0.25, -0.2) is 0 Å². The van der Waals surface area contributed by atoms with Gasteiger partial charge in [-0.3, -0.25) is 0 Å². The van der Waals surface area contributed by atoms with Gasteiger partial charge in [0, 0.05) is 18.6 Å². The fourth-order valence-corrected chi connectivity index (χ4v) is 1.14. The first-order valence-corrected chi connectivity index (χ1v) is 3.57. The molecule has 0 bridgehead atoms. The van der Waals surface area contributed by atoms with Gasteiger partial charge in [0.25, 0.3) is 0 Å². The highest BCUT2D eigenvalue weighted by atomic mass is 16.7. The molecule has 5 heteroatoms. The molecular formula is C6H11N3O2. The average molecular weight is 157 g/mol. The molecule has 2 unspecified atom stereocenters. The highest BCUT2D eigenvalue weighted by Crippen LogP contribution is 2.17. The van der Waals surface area contributed by atoms with Crippen molar-refractivity contribution in [3.8, 4) is 0 Å². The van der Waals surface area contributed by atoms with E-state index in [9.17, 15) is 0 Å². The van der Waals surface area contributed by atoms with E-state index in [0.717, 1.165) is 12.8 Å². The molecule has 0 aliphatic carbocycles. The Hall–Kier alpha value is -0.770. The topological polar surface area (TPSA) is 67.2 Å².